The van der Waals surface area contributed by atoms with Crippen LogP contribution in [0.1, 0.15) is 25.7 Å². The van der Waals surface area contributed by atoms with E-state index in [-0.39, 0.29) is 0 Å². The number of nitrogens with two attached hydrogens (primary N) is 1. The fraction of sp³-hybridized carbons (Fsp3) is 0.647. The Morgan fingerprint density at radius 3 is 2.59 bits per heavy atom. The lowest BCUT2D eigenvalue weighted by molar-refractivity contribution is -0.661. The summed E-state index contributed by atoms with van der Waals surface area (Å²) in [5, 5.41) is 2.35. The number of methoxy groups -OCH3 is 2. The fourth-order valence-electron chi connectivity index (χ4n) is 2.66. The topological polar surface area (TPSA) is 53.5 Å². The van der Waals surface area contributed by atoms with E-state index in [1.54, 1.807) is 14.2 Å². The van der Waals surface area contributed by atoms with Crippen molar-refractivity contribution in [3.05, 3.63) is 18.2 Å². The normalized spacial score (nSPS) is 17.5. The van der Waals surface area contributed by atoms with Crippen molar-refractivity contribution in [3.8, 4) is 17.2 Å². The minimum Gasteiger partial charge on any atom is -0.493 e. The van der Waals surface area contributed by atoms with Crippen molar-refractivity contribution < 1.29 is 24.3 Å². The summed E-state index contributed by atoms with van der Waals surface area (Å²) in [7, 11) is 3.28. The Kier molecular flexibility index (Phi) is 7.33. The van der Waals surface area contributed by atoms with Gasteiger partial charge >= 0.3 is 0 Å². The van der Waals surface area contributed by atoms with Gasteiger partial charge in [-0.05, 0) is 37.8 Å². The smallest absolute Gasteiger partial charge is 0.203 e. The van der Waals surface area contributed by atoms with Gasteiger partial charge in [0.1, 0.15) is 12.6 Å². The van der Waals surface area contributed by atoms with E-state index >= 15 is 0 Å². The highest BCUT2D eigenvalue weighted by atomic mass is 16.5. The van der Waals surface area contributed by atoms with Crippen molar-refractivity contribution in [3.63, 3.8) is 0 Å². The monoisotopic (exact) mass is 310 g/mol. The second-order valence-corrected chi connectivity index (χ2v) is 5.50. The summed E-state index contributed by atoms with van der Waals surface area (Å²) in [5.74, 6) is 2.12. The number of ether oxygens (including phenoxy) is 4. The molecule has 0 saturated carbocycles. The summed E-state index contributed by atoms with van der Waals surface area (Å²) in [4.78, 5) is 0. The van der Waals surface area contributed by atoms with Crippen LogP contribution < -0.4 is 19.5 Å². The van der Waals surface area contributed by atoms with Gasteiger partial charge in [0, 0.05) is 6.61 Å². The molecule has 1 atom stereocenters. The van der Waals surface area contributed by atoms with Crippen LogP contribution in [0.4, 0.5) is 0 Å². The number of unbranched alkanes of at least 4 members (excludes halogenated alkanes) is 1. The lowest BCUT2D eigenvalue weighted by Crippen LogP contribution is -2.86. The molecule has 1 aromatic rings. The summed E-state index contributed by atoms with van der Waals surface area (Å²) in [6, 6.07) is 5.66. The van der Waals surface area contributed by atoms with Gasteiger partial charge in [0.2, 0.25) is 5.75 Å². The van der Waals surface area contributed by atoms with Crippen LogP contribution in [0.2, 0.25) is 0 Å². The average molecular weight is 310 g/mol. The van der Waals surface area contributed by atoms with Gasteiger partial charge in [0.15, 0.2) is 11.5 Å². The molecule has 2 rings (SSSR count). The molecule has 5 nitrogen and oxygen atoms in total. The average Bonchev–Trinajstić information content (AvgIpc) is 3.07. The molecule has 0 amide bonds. The first-order valence-corrected chi connectivity index (χ1v) is 8.12. The summed E-state index contributed by atoms with van der Waals surface area (Å²) < 4.78 is 22.1. The van der Waals surface area contributed by atoms with E-state index in [2.05, 4.69) is 5.32 Å². The van der Waals surface area contributed by atoms with Crippen LogP contribution in [0.25, 0.3) is 0 Å². The summed E-state index contributed by atoms with van der Waals surface area (Å²) in [6.07, 6.45) is 5.04. The van der Waals surface area contributed by atoms with E-state index in [9.17, 15) is 0 Å². The Morgan fingerprint density at radius 2 is 1.95 bits per heavy atom. The molecule has 0 radical (unpaired) electrons. The highest BCUT2D eigenvalue weighted by molar-refractivity contribution is 5.51. The zero-order valence-electron chi connectivity index (χ0n) is 13.7. The second kappa shape index (κ2) is 9.54. The SMILES string of the molecule is COc1cccc(OC)c1OCCCC[NH2+]C[C@@H]1CCCO1. The number of para-hydroxylation sites is 1. The van der Waals surface area contributed by atoms with Crippen LogP contribution in [-0.2, 0) is 4.74 Å². The van der Waals surface area contributed by atoms with Gasteiger partial charge in [-0.1, -0.05) is 6.07 Å². The van der Waals surface area contributed by atoms with Gasteiger partial charge in [-0.15, -0.1) is 0 Å². The fourth-order valence-corrected chi connectivity index (χ4v) is 2.66. The third-order valence-corrected chi connectivity index (χ3v) is 3.89. The summed E-state index contributed by atoms with van der Waals surface area (Å²) >= 11 is 0. The molecule has 2 N–H and O–H groups in total. The van der Waals surface area contributed by atoms with Crippen LogP contribution in [-0.4, -0.2) is 46.6 Å². The van der Waals surface area contributed by atoms with Crippen LogP contribution in [0.5, 0.6) is 17.2 Å². The molecule has 124 valence electrons. The molecule has 0 unspecified atom stereocenters. The lowest BCUT2D eigenvalue weighted by atomic mass is 10.2. The maximum atomic E-state index is 5.84. The Bertz CT molecular complexity index is 410. The molecule has 1 saturated heterocycles. The van der Waals surface area contributed by atoms with Gasteiger partial charge in [-0.25, -0.2) is 0 Å². The third-order valence-electron chi connectivity index (χ3n) is 3.89. The minimum absolute atomic E-state index is 0.467. The molecule has 5 heteroatoms. The van der Waals surface area contributed by atoms with Crippen molar-refractivity contribution in [1.82, 2.24) is 0 Å². The van der Waals surface area contributed by atoms with Crippen molar-refractivity contribution in [1.29, 1.82) is 0 Å². The van der Waals surface area contributed by atoms with Crippen molar-refractivity contribution in [2.75, 3.05) is 40.5 Å². The molecule has 1 aliphatic rings. The van der Waals surface area contributed by atoms with Gasteiger partial charge in [-0.2, -0.15) is 0 Å². The lowest BCUT2D eigenvalue weighted by Gasteiger charge is -2.14. The van der Waals surface area contributed by atoms with Crippen LogP contribution in [0.3, 0.4) is 0 Å². The Balaban J connectivity index is 1.62. The quantitative estimate of drug-likeness (QED) is 0.667. The molecule has 0 aliphatic carbocycles. The molecule has 1 fully saturated rings. The van der Waals surface area contributed by atoms with Crippen LogP contribution in [0.15, 0.2) is 18.2 Å². The van der Waals surface area contributed by atoms with Gasteiger partial charge in [0.25, 0.3) is 0 Å². The number of hydrogen-bond donors (Lipinski definition) is 1. The number of quaternary nitrogens is 1. The van der Waals surface area contributed by atoms with Crippen molar-refractivity contribution >= 4 is 0 Å². The predicted octanol–water partition coefficient (Wildman–Crippen LogP) is 1.61. The zero-order chi connectivity index (χ0) is 15.6. The second-order valence-electron chi connectivity index (χ2n) is 5.50. The first kappa shape index (κ1) is 16.9. The van der Waals surface area contributed by atoms with Crippen molar-refractivity contribution in [2.45, 2.75) is 31.8 Å². The van der Waals surface area contributed by atoms with Crippen molar-refractivity contribution in [2.24, 2.45) is 0 Å². The first-order valence-electron chi connectivity index (χ1n) is 8.12. The predicted molar refractivity (Wildman–Crippen MR) is 84.9 cm³/mol. The van der Waals surface area contributed by atoms with Crippen LogP contribution in [0, 0.1) is 0 Å². The van der Waals surface area contributed by atoms with E-state index < -0.39 is 0 Å². The van der Waals surface area contributed by atoms with E-state index in [4.69, 9.17) is 18.9 Å². The van der Waals surface area contributed by atoms with Crippen LogP contribution >= 0.6 is 0 Å². The zero-order valence-corrected chi connectivity index (χ0v) is 13.7. The maximum absolute atomic E-state index is 5.84. The molecule has 0 aromatic heterocycles. The third kappa shape index (κ3) is 5.07. The molecule has 22 heavy (non-hydrogen) atoms. The van der Waals surface area contributed by atoms with E-state index in [0.29, 0.717) is 30.0 Å². The highest BCUT2D eigenvalue weighted by Crippen LogP contribution is 2.36. The largest absolute Gasteiger partial charge is 0.493 e. The minimum atomic E-state index is 0.467. The van der Waals surface area contributed by atoms with E-state index in [1.807, 2.05) is 18.2 Å². The Morgan fingerprint density at radius 1 is 1.18 bits per heavy atom. The van der Waals surface area contributed by atoms with Gasteiger partial charge in [-0.3, -0.25) is 0 Å². The number of benzene rings is 1. The molecular weight excluding hydrogens is 282 g/mol. The maximum Gasteiger partial charge on any atom is 0.203 e. The molecule has 0 bridgehead atoms. The highest BCUT2D eigenvalue weighted by Gasteiger charge is 2.16. The molecular formula is C17H28NO4+. The van der Waals surface area contributed by atoms with E-state index in [0.717, 1.165) is 32.5 Å². The molecule has 1 heterocycles. The van der Waals surface area contributed by atoms with E-state index in [1.165, 1.54) is 12.8 Å². The Hall–Kier alpha value is -1.46. The standard InChI is InChI=1S/C17H27NO4/c1-19-15-8-5-9-16(20-2)17(15)22-11-4-3-10-18-13-14-7-6-12-21-14/h5,8-9,14,18H,3-4,6-7,10-13H2,1-2H3/p+1/t14-/m0/s1. The number of hydrogen-bond acceptors (Lipinski definition) is 4. The molecule has 0 spiro atoms. The molecule has 1 aromatic carbocycles. The van der Waals surface area contributed by atoms with Gasteiger partial charge in [0.05, 0.1) is 27.4 Å². The first-order chi connectivity index (χ1) is 10.8. The summed E-state index contributed by atoms with van der Waals surface area (Å²) in [5.41, 5.74) is 0. The Labute approximate surface area is 132 Å². The summed E-state index contributed by atoms with van der Waals surface area (Å²) in [6.45, 7) is 3.81. The van der Waals surface area contributed by atoms with Gasteiger partial charge < -0.3 is 24.3 Å². The molecule has 1 aliphatic heterocycles. The number of rotatable bonds is 10.